The molecule has 124 valence electrons. The number of fused-ring (bicyclic) bond motifs is 1. The summed E-state index contributed by atoms with van der Waals surface area (Å²) in [5.41, 5.74) is 4.72. The lowest BCUT2D eigenvalue weighted by molar-refractivity contribution is -0.384. The maximum atomic E-state index is 12.0. The maximum absolute atomic E-state index is 12.0. The number of nitrogens with zero attached hydrogens (tertiary/aromatic N) is 1. The van der Waals surface area contributed by atoms with Crippen molar-refractivity contribution in [3.63, 3.8) is 0 Å². The molecule has 1 aromatic rings. The van der Waals surface area contributed by atoms with Crippen molar-refractivity contribution in [2.75, 3.05) is 0 Å². The monoisotopic (exact) mass is 321 g/mol. The van der Waals surface area contributed by atoms with Gasteiger partial charge in [0.2, 0.25) is 5.91 Å². The van der Waals surface area contributed by atoms with E-state index in [2.05, 4.69) is 5.32 Å². The van der Waals surface area contributed by atoms with Gasteiger partial charge in [0.05, 0.1) is 4.92 Å². The van der Waals surface area contributed by atoms with Gasteiger partial charge in [0.1, 0.15) is 11.1 Å². The van der Waals surface area contributed by atoms with Crippen LogP contribution >= 0.6 is 0 Å². The lowest BCUT2D eigenvalue weighted by Crippen LogP contribution is -2.59. The van der Waals surface area contributed by atoms with Gasteiger partial charge in [0.25, 0.3) is 5.69 Å². The van der Waals surface area contributed by atoms with Crippen LogP contribution in [-0.2, 0) is 22.4 Å². The van der Waals surface area contributed by atoms with Crippen LogP contribution in [0.3, 0.4) is 0 Å². The first-order valence-corrected chi connectivity index (χ1v) is 7.10. The molecule has 1 aromatic carbocycles. The van der Waals surface area contributed by atoms with Crippen LogP contribution in [0.25, 0.3) is 0 Å². The number of nitrogens with two attached hydrogens (primary N) is 1. The zero-order valence-corrected chi connectivity index (χ0v) is 13.2. The quantitative estimate of drug-likeness (QED) is 0.644. The zero-order valence-electron chi connectivity index (χ0n) is 13.2. The third kappa shape index (κ3) is 3.58. The van der Waals surface area contributed by atoms with Crippen molar-refractivity contribution in [2.24, 2.45) is 5.73 Å². The predicted octanol–water partition coefficient (Wildman–Crippen LogP) is 1.44. The highest BCUT2D eigenvalue weighted by Gasteiger charge is 2.45. The highest BCUT2D eigenvalue weighted by molar-refractivity contribution is 5.90. The zero-order chi connectivity index (χ0) is 17.4. The third-order valence-electron chi connectivity index (χ3n) is 3.60. The number of carbonyl (C=O) groups is 2. The maximum Gasteiger partial charge on any atom is 0.408 e. The minimum absolute atomic E-state index is 0.0683. The average molecular weight is 321 g/mol. The van der Waals surface area contributed by atoms with E-state index in [1.807, 2.05) is 0 Å². The van der Waals surface area contributed by atoms with Crippen molar-refractivity contribution in [2.45, 2.75) is 44.8 Å². The third-order valence-corrected chi connectivity index (χ3v) is 3.60. The van der Waals surface area contributed by atoms with E-state index < -0.39 is 28.1 Å². The molecule has 1 unspecified atom stereocenters. The van der Waals surface area contributed by atoms with Gasteiger partial charge < -0.3 is 15.8 Å². The highest BCUT2D eigenvalue weighted by Crippen LogP contribution is 2.33. The lowest BCUT2D eigenvalue weighted by Gasteiger charge is -2.28. The highest BCUT2D eigenvalue weighted by atomic mass is 16.6. The molecule has 1 aliphatic carbocycles. The lowest BCUT2D eigenvalue weighted by atomic mass is 9.95. The molecule has 8 heteroatoms. The van der Waals surface area contributed by atoms with Crippen molar-refractivity contribution in [3.8, 4) is 0 Å². The molecule has 0 spiro atoms. The standard InChI is InChI=1S/C15H19N3O5/c1-14(2,3)23-13(20)17-15(12(16)19)7-9-4-5-11(18(21)22)6-10(9)8-15/h4-6H,7-8H2,1-3H3,(H2,16,19)(H,17,20). The van der Waals surface area contributed by atoms with E-state index in [-0.39, 0.29) is 18.5 Å². The number of hydrogen-bond acceptors (Lipinski definition) is 5. The summed E-state index contributed by atoms with van der Waals surface area (Å²) in [6, 6.07) is 4.34. The molecule has 1 atom stereocenters. The topological polar surface area (TPSA) is 125 Å². The number of ether oxygens (including phenoxy) is 1. The molecule has 0 heterocycles. The Labute approximate surface area is 133 Å². The molecule has 0 saturated heterocycles. The molecule has 0 radical (unpaired) electrons. The summed E-state index contributed by atoms with van der Waals surface area (Å²) < 4.78 is 5.17. The van der Waals surface area contributed by atoms with Gasteiger partial charge >= 0.3 is 6.09 Å². The molecule has 8 nitrogen and oxygen atoms in total. The number of benzene rings is 1. The van der Waals surface area contributed by atoms with E-state index in [1.54, 1.807) is 26.8 Å². The largest absolute Gasteiger partial charge is 0.444 e. The Morgan fingerprint density at radius 1 is 1.30 bits per heavy atom. The molecule has 1 aliphatic rings. The van der Waals surface area contributed by atoms with E-state index in [4.69, 9.17) is 10.5 Å². The van der Waals surface area contributed by atoms with Crippen molar-refractivity contribution < 1.29 is 19.2 Å². The fourth-order valence-electron chi connectivity index (χ4n) is 2.60. The molecule has 3 N–H and O–H groups in total. The van der Waals surface area contributed by atoms with Gasteiger partial charge in [-0.3, -0.25) is 14.9 Å². The number of primary amides is 1. The fourth-order valence-corrected chi connectivity index (χ4v) is 2.60. The van der Waals surface area contributed by atoms with Gasteiger partial charge in [-0.15, -0.1) is 0 Å². The van der Waals surface area contributed by atoms with E-state index in [0.717, 1.165) is 5.56 Å². The van der Waals surface area contributed by atoms with E-state index in [1.165, 1.54) is 12.1 Å². The molecule has 0 aliphatic heterocycles. The number of carbonyl (C=O) groups excluding carboxylic acids is 2. The Bertz CT molecular complexity index is 680. The van der Waals surface area contributed by atoms with Crippen LogP contribution in [0.5, 0.6) is 0 Å². The number of nitrogens with one attached hydrogen (secondary N) is 1. The Hall–Kier alpha value is -2.64. The minimum atomic E-state index is -1.33. The molecule has 2 rings (SSSR count). The van der Waals surface area contributed by atoms with Crippen molar-refractivity contribution in [1.82, 2.24) is 5.32 Å². The SMILES string of the molecule is CC(C)(C)OC(=O)NC1(C(N)=O)Cc2ccc([N+](=O)[O-])cc2C1. The number of amides is 2. The molecule has 0 aromatic heterocycles. The second-order valence-electron chi connectivity index (χ2n) is 6.64. The molecule has 0 fully saturated rings. The summed E-state index contributed by atoms with van der Waals surface area (Å²) in [4.78, 5) is 34.3. The van der Waals surface area contributed by atoms with Gasteiger partial charge in [0.15, 0.2) is 0 Å². The van der Waals surface area contributed by atoms with Gasteiger partial charge in [-0.1, -0.05) is 6.07 Å². The second-order valence-corrected chi connectivity index (χ2v) is 6.64. The minimum Gasteiger partial charge on any atom is -0.444 e. The molecule has 0 saturated carbocycles. The van der Waals surface area contributed by atoms with Crippen LogP contribution in [-0.4, -0.2) is 28.1 Å². The summed E-state index contributed by atoms with van der Waals surface area (Å²) in [7, 11) is 0. The normalized spacial score (nSPS) is 19.8. The van der Waals surface area contributed by atoms with Gasteiger partial charge in [-0.25, -0.2) is 4.79 Å². The Balaban J connectivity index is 2.26. The van der Waals surface area contributed by atoms with Crippen LogP contribution in [0.2, 0.25) is 0 Å². The smallest absolute Gasteiger partial charge is 0.408 e. The summed E-state index contributed by atoms with van der Waals surface area (Å²) in [5.74, 6) is -0.706. The van der Waals surface area contributed by atoms with Crippen molar-refractivity contribution in [3.05, 3.63) is 39.4 Å². The van der Waals surface area contributed by atoms with Crippen LogP contribution in [0, 0.1) is 10.1 Å². The van der Waals surface area contributed by atoms with Crippen LogP contribution in [0.4, 0.5) is 10.5 Å². The van der Waals surface area contributed by atoms with Crippen molar-refractivity contribution in [1.29, 1.82) is 0 Å². The van der Waals surface area contributed by atoms with Crippen LogP contribution in [0.1, 0.15) is 31.9 Å². The van der Waals surface area contributed by atoms with E-state index >= 15 is 0 Å². The summed E-state index contributed by atoms with van der Waals surface area (Å²) in [6.45, 7) is 5.11. The van der Waals surface area contributed by atoms with Crippen molar-refractivity contribution >= 4 is 17.7 Å². The first-order chi connectivity index (χ1) is 10.5. The number of nitro benzene ring substituents is 1. The number of rotatable bonds is 3. The molecular weight excluding hydrogens is 302 g/mol. The summed E-state index contributed by atoms with van der Waals surface area (Å²) in [5, 5.41) is 13.4. The molecule has 23 heavy (non-hydrogen) atoms. The number of nitro groups is 1. The van der Waals surface area contributed by atoms with E-state index in [0.29, 0.717) is 5.56 Å². The average Bonchev–Trinajstić information content (AvgIpc) is 2.74. The Morgan fingerprint density at radius 2 is 1.91 bits per heavy atom. The van der Waals surface area contributed by atoms with E-state index in [9.17, 15) is 19.7 Å². The van der Waals surface area contributed by atoms with Gasteiger partial charge in [0, 0.05) is 25.0 Å². The first-order valence-electron chi connectivity index (χ1n) is 7.10. The Kier molecular flexibility index (Phi) is 4.02. The predicted molar refractivity (Wildman–Crippen MR) is 81.8 cm³/mol. The van der Waals surface area contributed by atoms with Gasteiger partial charge in [-0.2, -0.15) is 0 Å². The number of alkyl carbamates (subject to hydrolysis) is 1. The van der Waals surface area contributed by atoms with Gasteiger partial charge in [-0.05, 0) is 31.9 Å². The fraction of sp³-hybridized carbons (Fsp3) is 0.467. The van der Waals surface area contributed by atoms with Crippen LogP contribution in [0.15, 0.2) is 18.2 Å². The first kappa shape index (κ1) is 16.7. The van der Waals surface area contributed by atoms with Crippen LogP contribution < -0.4 is 11.1 Å². The Morgan fingerprint density at radius 3 is 2.43 bits per heavy atom. The molecule has 2 amide bonds. The second kappa shape index (κ2) is 5.53. The number of hydrogen-bond donors (Lipinski definition) is 2. The summed E-state index contributed by atoms with van der Waals surface area (Å²) >= 11 is 0. The molecule has 0 bridgehead atoms. The summed E-state index contributed by atoms with van der Waals surface area (Å²) in [6.07, 6.45) is -0.480. The number of non-ortho nitro benzene ring substituents is 1. The molecular formula is C15H19N3O5.